The Morgan fingerprint density at radius 2 is 1.61 bits per heavy atom. The molecular weight excluding hydrogens is 346 g/mol. The van der Waals surface area contributed by atoms with E-state index in [0.717, 1.165) is 22.8 Å². The van der Waals surface area contributed by atoms with Gasteiger partial charge in [-0.15, -0.1) is 0 Å². The third-order valence-electron chi connectivity index (χ3n) is 5.14. The molecule has 1 aromatic heterocycles. The number of hydrogen-bond donors (Lipinski definition) is 2. The summed E-state index contributed by atoms with van der Waals surface area (Å²) in [5.41, 5.74) is 4.19. The fourth-order valence-corrected chi connectivity index (χ4v) is 3.58. The topological polar surface area (TPSA) is 53.1 Å². The molecule has 28 heavy (non-hydrogen) atoms. The van der Waals surface area contributed by atoms with Crippen LogP contribution in [-0.4, -0.2) is 30.1 Å². The van der Waals surface area contributed by atoms with Gasteiger partial charge in [0, 0.05) is 43.1 Å². The Morgan fingerprint density at radius 1 is 0.893 bits per heavy atom. The van der Waals surface area contributed by atoms with Crippen LogP contribution >= 0.6 is 0 Å². The van der Waals surface area contributed by atoms with Crippen molar-refractivity contribution in [1.82, 2.24) is 9.97 Å². The molecule has 0 aliphatic heterocycles. The van der Waals surface area contributed by atoms with Crippen molar-refractivity contribution in [3.8, 4) is 11.3 Å². The van der Waals surface area contributed by atoms with E-state index in [1.165, 1.54) is 31.4 Å². The lowest BCUT2D eigenvalue weighted by molar-refractivity contribution is 0.744. The minimum Gasteiger partial charge on any atom is -0.378 e. The average molecular weight is 374 g/mol. The van der Waals surface area contributed by atoms with Crippen LogP contribution in [0.5, 0.6) is 0 Å². The molecule has 1 saturated carbocycles. The van der Waals surface area contributed by atoms with Crippen LogP contribution in [0.25, 0.3) is 11.3 Å². The monoisotopic (exact) mass is 373 g/mol. The van der Waals surface area contributed by atoms with Gasteiger partial charge in [0.25, 0.3) is 0 Å². The van der Waals surface area contributed by atoms with Gasteiger partial charge >= 0.3 is 0 Å². The van der Waals surface area contributed by atoms with Gasteiger partial charge in [-0.05, 0) is 37.1 Å². The van der Waals surface area contributed by atoms with Crippen LogP contribution in [0.2, 0.25) is 0 Å². The highest BCUT2D eigenvalue weighted by Crippen LogP contribution is 2.26. The Hall–Kier alpha value is -3.08. The molecule has 0 spiro atoms. The molecule has 0 saturated heterocycles. The van der Waals surface area contributed by atoms with E-state index < -0.39 is 0 Å². The van der Waals surface area contributed by atoms with Crippen molar-refractivity contribution in [2.24, 2.45) is 0 Å². The Morgan fingerprint density at radius 3 is 2.29 bits per heavy atom. The molecule has 1 aliphatic carbocycles. The van der Waals surface area contributed by atoms with Crippen LogP contribution < -0.4 is 15.5 Å². The summed E-state index contributed by atoms with van der Waals surface area (Å²) >= 11 is 0. The number of benzene rings is 2. The molecule has 0 radical (unpaired) electrons. The summed E-state index contributed by atoms with van der Waals surface area (Å²) in [6.07, 6.45) is 4.93. The van der Waals surface area contributed by atoms with E-state index in [0.29, 0.717) is 12.0 Å². The van der Waals surface area contributed by atoms with E-state index in [1.54, 1.807) is 0 Å². The Kier molecular flexibility index (Phi) is 5.42. The van der Waals surface area contributed by atoms with Gasteiger partial charge < -0.3 is 15.5 Å². The summed E-state index contributed by atoms with van der Waals surface area (Å²) in [7, 11) is 4.08. The van der Waals surface area contributed by atoms with Crippen LogP contribution in [0.3, 0.4) is 0 Å². The largest absolute Gasteiger partial charge is 0.378 e. The summed E-state index contributed by atoms with van der Waals surface area (Å²) in [4.78, 5) is 11.6. The summed E-state index contributed by atoms with van der Waals surface area (Å²) in [5, 5.41) is 6.97. The third-order valence-corrected chi connectivity index (χ3v) is 5.14. The van der Waals surface area contributed by atoms with Crippen molar-refractivity contribution in [1.29, 1.82) is 0 Å². The van der Waals surface area contributed by atoms with E-state index in [2.05, 4.69) is 51.9 Å². The van der Waals surface area contributed by atoms with Gasteiger partial charge in [0.2, 0.25) is 5.95 Å². The first-order chi connectivity index (χ1) is 13.7. The molecule has 144 valence electrons. The lowest BCUT2D eigenvalue weighted by Gasteiger charge is -2.16. The maximum absolute atomic E-state index is 4.78. The van der Waals surface area contributed by atoms with Crippen molar-refractivity contribution < 1.29 is 0 Å². The number of rotatable bonds is 6. The lowest BCUT2D eigenvalue weighted by Crippen LogP contribution is -2.17. The van der Waals surface area contributed by atoms with Crippen LogP contribution in [0.1, 0.15) is 25.7 Å². The van der Waals surface area contributed by atoms with Gasteiger partial charge in [-0.25, -0.2) is 4.98 Å². The van der Waals surface area contributed by atoms with Crippen molar-refractivity contribution in [3.63, 3.8) is 0 Å². The van der Waals surface area contributed by atoms with Crippen molar-refractivity contribution >= 4 is 23.1 Å². The minimum atomic E-state index is 0.471. The normalized spacial score (nSPS) is 14.1. The molecule has 0 bridgehead atoms. The van der Waals surface area contributed by atoms with Gasteiger partial charge in [-0.2, -0.15) is 4.98 Å². The molecular formula is C23H27N5. The molecule has 1 aliphatic rings. The number of anilines is 4. The summed E-state index contributed by atoms with van der Waals surface area (Å²) < 4.78 is 0. The quantitative estimate of drug-likeness (QED) is 0.613. The van der Waals surface area contributed by atoms with Crippen molar-refractivity contribution in [3.05, 3.63) is 60.7 Å². The maximum atomic E-state index is 4.78. The summed E-state index contributed by atoms with van der Waals surface area (Å²) in [5.74, 6) is 1.49. The van der Waals surface area contributed by atoms with Gasteiger partial charge in [0.1, 0.15) is 5.82 Å². The highest BCUT2D eigenvalue weighted by Gasteiger charge is 2.17. The van der Waals surface area contributed by atoms with Gasteiger partial charge in [0.05, 0.1) is 5.69 Å². The Bertz CT molecular complexity index is 900. The Balaban J connectivity index is 1.62. The SMILES string of the molecule is CN(C)c1ccc(Nc2cc(-c3ccccc3)nc(NC3CCCC3)n2)cc1. The average Bonchev–Trinajstić information content (AvgIpc) is 3.22. The van der Waals surface area contributed by atoms with Crippen molar-refractivity contribution in [2.45, 2.75) is 31.7 Å². The molecule has 3 aromatic rings. The van der Waals surface area contributed by atoms with Crippen molar-refractivity contribution in [2.75, 3.05) is 29.6 Å². The molecule has 5 heteroatoms. The second kappa shape index (κ2) is 8.30. The molecule has 1 heterocycles. The number of aromatic nitrogens is 2. The predicted molar refractivity (Wildman–Crippen MR) is 117 cm³/mol. The van der Waals surface area contributed by atoms with Crippen LogP contribution in [0.15, 0.2) is 60.7 Å². The zero-order chi connectivity index (χ0) is 19.3. The van der Waals surface area contributed by atoms with E-state index in [4.69, 9.17) is 9.97 Å². The summed E-state index contributed by atoms with van der Waals surface area (Å²) in [6.45, 7) is 0. The second-order valence-corrected chi connectivity index (χ2v) is 7.52. The molecule has 2 aromatic carbocycles. The first-order valence-corrected chi connectivity index (χ1v) is 9.93. The maximum Gasteiger partial charge on any atom is 0.225 e. The fourth-order valence-electron chi connectivity index (χ4n) is 3.58. The van der Waals surface area contributed by atoms with E-state index >= 15 is 0 Å². The van der Waals surface area contributed by atoms with E-state index in [-0.39, 0.29) is 0 Å². The number of nitrogens with zero attached hydrogens (tertiary/aromatic N) is 3. The first-order valence-electron chi connectivity index (χ1n) is 9.93. The molecule has 5 nitrogen and oxygen atoms in total. The predicted octanol–water partition coefficient (Wildman–Crippen LogP) is 5.31. The highest BCUT2D eigenvalue weighted by molar-refractivity contribution is 5.68. The number of nitrogens with one attached hydrogen (secondary N) is 2. The molecule has 0 unspecified atom stereocenters. The molecule has 2 N–H and O–H groups in total. The fraction of sp³-hybridized carbons (Fsp3) is 0.304. The van der Waals surface area contributed by atoms with Crippen LogP contribution in [-0.2, 0) is 0 Å². The first kappa shape index (κ1) is 18.3. The standard InChI is InChI=1S/C23H27N5/c1-28(2)20-14-12-19(13-15-20)24-22-16-21(17-8-4-3-5-9-17)26-23(27-22)25-18-10-6-7-11-18/h3-5,8-9,12-16,18H,6-7,10-11H2,1-2H3,(H2,24,25,26,27). The minimum absolute atomic E-state index is 0.471. The van der Waals surface area contributed by atoms with Gasteiger partial charge in [0.15, 0.2) is 0 Å². The van der Waals surface area contributed by atoms with E-state index in [9.17, 15) is 0 Å². The van der Waals surface area contributed by atoms with Crippen LogP contribution in [0.4, 0.5) is 23.1 Å². The zero-order valence-electron chi connectivity index (χ0n) is 16.5. The van der Waals surface area contributed by atoms with Crippen LogP contribution in [0, 0.1) is 0 Å². The van der Waals surface area contributed by atoms with E-state index in [1.807, 2.05) is 38.4 Å². The number of hydrogen-bond acceptors (Lipinski definition) is 5. The molecule has 4 rings (SSSR count). The molecule has 1 fully saturated rings. The second-order valence-electron chi connectivity index (χ2n) is 7.52. The Labute approximate surface area is 166 Å². The molecule has 0 atom stereocenters. The van der Waals surface area contributed by atoms with Gasteiger partial charge in [-0.3, -0.25) is 0 Å². The lowest BCUT2D eigenvalue weighted by atomic mass is 10.1. The molecule has 0 amide bonds. The van der Waals surface area contributed by atoms with Gasteiger partial charge in [-0.1, -0.05) is 43.2 Å². The highest BCUT2D eigenvalue weighted by atomic mass is 15.2. The smallest absolute Gasteiger partial charge is 0.225 e. The zero-order valence-corrected chi connectivity index (χ0v) is 16.5. The summed E-state index contributed by atoms with van der Waals surface area (Å²) in [6, 6.07) is 21.1. The third kappa shape index (κ3) is 4.42.